The highest BCUT2D eigenvalue weighted by Gasteiger charge is 2.02. The number of aryl methyl sites for hydroxylation is 1. The van der Waals surface area contributed by atoms with E-state index in [2.05, 4.69) is 6.92 Å². The summed E-state index contributed by atoms with van der Waals surface area (Å²) < 4.78 is 0. The molecule has 2 heteroatoms. The maximum Gasteiger partial charge on any atom is 0.335 e. The second kappa shape index (κ2) is 6.23. The van der Waals surface area contributed by atoms with E-state index in [1.165, 1.54) is 19.3 Å². The van der Waals surface area contributed by atoms with Gasteiger partial charge >= 0.3 is 5.97 Å². The van der Waals surface area contributed by atoms with Gasteiger partial charge in [0.25, 0.3) is 0 Å². The van der Waals surface area contributed by atoms with Gasteiger partial charge in [0.2, 0.25) is 0 Å². The lowest BCUT2D eigenvalue weighted by Crippen LogP contribution is -1.97. The quantitative estimate of drug-likeness (QED) is 0.723. The van der Waals surface area contributed by atoms with Crippen molar-refractivity contribution in [2.24, 2.45) is 0 Å². The summed E-state index contributed by atoms with van der Waals surface area (Å²) in [6, 6.07) is 7.23. The first-order valence-electron chi connectivity index (χ1n) is 5.56. The molecule has 0 heterocycles. The normalized spacial score (nSPS) is 10.2. The van der Waals surface area contributed by atoms with Crippen LogP contribution in [-0.2, 0) is 6.42 Å². The van der Waals surface area contributed by atoms with Crippen LogP contribution in [0.4, 0.5) is 0 Å². The molecule has 0 bridgehead atoms. The molecule has 0 unspecified atom stereocenters. The Morgan fingerprint density at radius 3 is 2.73 bits per heavy atom. The molecule has 0 amide bonds. The summed E-state index contributed by atoms with van der Waals surface area (Å²) in [7, 11) is 0. The fourth-order valence-corrected chi connectivity index (χ4v) is 1.62. The second-order valence-electron chi connectivity index (χ2n) is 3.82. The van der Waals surface area contributed by atoms with E-state index in [0.717, 1.165) is 18.4 Å². The topological polar surface area (TPSA) is 37.3 Å². The van der Waals surface area contributed by atoms with Gasteiger partial charge in [0.15, 0.2) is 0 Å². The fraction of sp³-hybridized carbons (Fsp3) is 0.462. The predicted octanol–water partition coefficient (Wildman–Crippen LogP) is 3.51. The summed E-state index contributed by atoms with van der Waals surface area (Å²) in [5.41, 5.74) is 1.52. The molecule has 0 aliphatic rings. The average Bonchev–Trinajstić information content (AvgIpc) is 2.25. The van der Waals surface area contributed by atoms with Crippen molar-refractivity contribution in [3.8, 4) is 0 Å². The van der Waals surface area contributed by atoms with Crippen LogP contribution in [0.5, 0.6) is 0 Å². The van der Waals surface area contributed by atoms with Crippen LogP contribution in [0.1, 0.15) is 48.5 Å². The summed E-state index contributed by atoms with van der Waals surface area (Å²) in [6.45, 7) is 2.19. The summed E-state index contributed by atoms with van der Waals surface area (Å²) in [5.74, 6) is -0.842. The Morgan fingerprint density at radius 1 is 1.27 bits per heavy atom. The summed E-state index contributed by atoms with van der Waals surface area (Å²) in [5, 5.41) is 8.82. The van der Waals surface area contributed by atoms with Crippen molar-refractivity contribution in [2.75, 3.05) is 0 Å². The van der Waals surface area contributed by atoms with Crippen molar-refractivity contribution in [1.29, 1.82) is 0 Å². The minimum absolute atomic E-state index is 0.392. The number of hydrogen-bond donors (Lipinski definition) is 1. The molecule has 15 heavy (non-hydrogen) atoms. The standard InChI is InChI=1S/C13H18O2/c1-2-3-4-5-7-11-8-6-9-12(10-11)13(14)15/h6,8-10H,2-5,7H2,1H3,(H,14,15). The van der Waals surface area contributed by atoms with Crippen molar-refractivity contribution >= 4 is 5.97 Å². The van der Waals surface area contributed by atoms with E-state index in [1.807, 2.05) is 12.1 Å². The highest BCUT2D eigenvalue weighted by atomic mass is 16.4. The molecule has 1 aromatic rings. The molecule has 0 atom stereocenters. The van der Waals surface area contributed by atoms with Gasteiger partial charge in [0.05, 0.1) is 5.56 Å². The van der Waals surface area contributed by atoms with Gasteiger partial charge in [-0.15, -0.1) is 0 Å². The Kier molecular flexibility index (Phi) is 4.88. The van der Waals surface area contributed by atoms with Gasteiger partial charge in [-0.2, -0.15) is 0 Å². The molecule has 0 aliphatic carbocycles. The van der Waals surface area contributed by atoms with E-state index in [4.69, 9.17) is 5.11 Å². The monoisotopic (exact) mass is 206 g/mol. The molecule has 1 N–H and O–H groups in total. The van der Waals surface area contributed by atoms with E-state index in [-0.39, 0.29) is 0 Å². The van der Waals surface area contributed by atoms with Gasteiger partial charge in [-0.25, -0.2) is 4.79 Å². The van der Waals surface area contributed by atoms with E-state index >= 15 is 0 Å². The lowest BCUT2D eigenvalue weighted by Gasteiger charge is -2.02. The smallest absolute Gasteiger partial charge is 0.335 e. The van der Waals surface area contributed by atoms with Crippen LogP contribution in [-0.4, -0.2) is 11.1 Å². The van der Waals surface area contributed by atoms with Crippen LogP contribution in [0, 0.1) is 0 Å². The largest absolute Gasteiger partial charge is 0.478 e. The van der Waals surface area contributed by atoms with Crippen molar-refractivity contribution in [2.45, 2.75) is 39.0 Å². The lowest BCUT2D eigenvalue weighted by atomic mass is 10.0. The Balaban J connectivity index is 2.47. The summed E-state index contributed by atoms with van der Waals surface area (Å²) >= 11 is 0. The van der Waals surface area contributed by atoms with Crippen LogP contribution in [0.3, 0.4) is 0 Å². The molecular formula is C13H18O2. The Labute approximate surface area is 90.9 Å². The zero-order chi connectivity index (χ0) is 11.1. The average molecular weight is 206 g/mol. The van der Waals surface area contributed by atoms with Crippen LogP contribution in [0.2, 0.25) is 0 Å². The number of aromatic carboxylic acids is 1. The highest BCUT2D eigenvalue weighted by Crippen LogP contribution is 2.10. The molecule has 0 radical (unpaired) electrons. The van der Waals surface area contributed by atoms with Gasteiger partial charge in [-0.05, 0) is 30.5 Å². The Hall–Kier alpha value is -1.31. The molecule has 2 nitrogen and oxygen atoms in total. The molecule has 1 rings (SSSR count). The van der Waals surface area contributed by atoms with Gasteiger partial charge in [0, 0.05) is 0 Å². The molecule has 0 fully saturated rings. The van der Waals surface area contributed by atoms with E-state index in [1.54, 1.807) is 12.1 Å². The zero-order valence-corrected chi connectivity index (χ0v) is 9.20. The second-order valence-corrected chi connectivity index (χ2v) is 3.82. The first-order chi connectivity index (χ1) is 7.24. The SMILES string of the molecule is CCCCCCc1cccc(C(=O)O)c1. The number of benzene rings is 1. The van der Waals surface area contributed by atoms with E-state index in [9.17, 15) is 4.79 Å². The Morgan fingerprint density at radius 2 is 2.07 bits per heavy atom. The lowest BCUT2D eigenvalue weighted by molar-refractivity contribution is 0.0697. The molecule has 0 spiro atoms. The molecule has 0 aliphatic heterocycles. The van der Waals surface area contributed by atoms with Crippen molar-refractivity contribution in [3.05, 3.63) is 35.4 Å². The van der Waals surface area contributed by atoms with Crippen molar-refractivity contribution in [1.82, 2.24) is 0 Å². The molecule has 1 aromatic carbocycles. The Bertz CT molecular complexity index is 318. The molecule has 0 aromatic heterocycles. The van der Waals surface area contributed by atoms with Crippen LogP contribution in [0.15, 0.2) is 24.3 Å². The number of hydrogen-bond acceptors (Lipinski definition) is 1. The number of rotatable bonds is 6. The third-order valence-electron chi connectivity index (χ3n) is 2.49. The summed E-state index contributed by atoms with van der Waals surface area (Å²) in [4.78, 5) is 10.7. The zero-order valence-electron chi connectivity index (χ0n) is 9.20. The first kappa shape index (κ1) is 11.8. The number of unbranched alkanes of at least 4 members (excludes halogenated alkanes) is 3. The fourth-order valence-electron chi connectivity index (χ4n) is 1.62. The van der Waals surface area contributed by atoms with Crippen molar-refractivity contribution in [3.63, 3.8) is 0 Å². The number of carbonyl (C=O) groups is 1. The van der Waals surface area contributed by atoms with Gasteiger partial charge in [0.1, 0.15) is 0 Å². The maximum absolute atomic E-state index is 10.7. The van der Waals surface area contributed by atoms with Gasteiger partial charge in [-0.1, -0.05) is 38.3 Å². The molecule has 0 saturated heterocycles. The minimum Gasteiger partial charge on any atom is -0.478 e. The third kappa shape index (κ3) is 4.15. The maximum atomic E-state index is 10.7. The van der Waals surface area contributed by atoms with Crippen molar-refractivity contribution < 1.29 is 9.90 Å². The van der Waals surface area contributed by atoms with E-state index < -0.39 is 5.97 Å². The predicted molar refractivity (Wildman–Crippen MR) is 61.2 cm³/mol. The highest BCUT2D eigenvalue weighted by molar-refractivity contribution is 5.87. The number of carboxylic acid groups (broad SMARTS) is 1. The third-order valence-corrected chi connectivity index (χ3v) is 2.49. The first-order valence-corrected chi connectivity index (χ1v) is 5.56. The van der Waals surface area contributed by atoms with Gasteiger partial charge in [-0.3, -0.25) is 0 Å². The van der Waals surface area contributed by atoms with Crippen LogP contribution < -0.4 is 0 Å². The van der Waals surface area contributed by atoms with Crippen LogP contribution >= 0.6 is 0 Å². The number of carboxylic acids is 1. The molecular weight excluding hydrogens is 188 g/mol. The molecule has 0 saturated carbocycles. The minimum atomic E-state index is -0.842. The summed E-state index contributed by atoms with van der Waals surface area (Å²) in [6.07, 6.45) is 5.86. The van der Waals surface area contributed by atoms with Gasteiger partial charge < -0.3 is 5.11 Å². The molecule has 82 valence electrons. The van der Waals surface area contributed by atoms with E-state index in [0.29, 0.717) is 5.56 Å². The van der Waals surface area contributed by atoms with Crippen LogP contribution in [0.25, 0.3) is 0 Å².